The van der Waals surface area contributed by atoms with Gasteiger partial charge in [-0.3, -0.25) is 9.79 Å². The first kappa shape index (κ1) is 14.3. The van der Waals surface area contributed by atoms with Gasteiger partial charge in [0.2, 0.25) is 0 Å². The maximum Gasteiger partial charge on any atom is 0.251 e. The number of amidine groups is 1. The Bertz CT molecular complexity index is 722. The molecule has 1 amide bonds. The zero-order chi connectivity index (χ0) is 15.5. The van der Waals surface area contributed by atoms with Crippen LogP contribution in [0.5, 0.6) is 0 Å². The molecule has 0 saturated heterocycles. The highest BCUT2D eigenvalue weighted by molar-refractivity contribution is 6.05. The van der Waals surface area contributed by atoms with Crippen LogP contribution in [-0.2, 0) is 4.79 Å². The van der Waals surface area contributed by atoms with Crippen molar-refractivity contribution in [3.63, 3.8) is 0 Å². The molecule has 1 aliphatic rings. The fourth-order valence-corrected chi connectivity index (χ4v) is 2.40. The number of carbonyl (C=O) groups is 1. The van der Waals surface area contributed by atoms with Crippen LogP contribution in [0, 0.1) is 13.8 Å². The summed E-state index contributed by atoms with van der Waals surface area (Å²) in [5, 5.41) is 6.12. The van der Waals surface area contributed by atoms with E-state index >= 15 is 0 Å². The maximum absolute atomic E-state index is 12.3. The highest BCUT2D eigenvalue weighted by Gasteiger charge is 2.24. The topological polar surface area (TPSA) is 53.5 Å². The quantitative estimate of drug-likeness (QED) is 0.914. The average Bonchev–Trinajstić information content (AvgIpc) is 3.01. The van der Waals surface area contributed by atoms with Gasteiger partial charge in [0.1, 0.15) is 11.9 Å². The van der Waals surface area contributed by atoms with Gasteiger partial charge in [-0.1, -0.05) is 30.3 Å². The Labute approximate surface area is 130 Å². The number of anilines is 1. The minimum Gasteiger partial charge on any atom is -0.367 e. The minimum absolute atomic E-state index is 0.0856. The number of hydrogen-bond donors (Lipinski definition) is 2. The summed E-state index contributed by atoms with van der Waals surface area (Å²) in [6.45, 7) is 4.69. The van der Waals surface area contributed by atoms with Crippen molar-refractivity contribution in [3.8, 4) is 0 Å². The van der Waals surface area contributed by atoms with Crippen molar-refractivity contribution in [1.29, 1.82) is 0 Å². The maximum atomic E-state index is 12.3. The van der Waals surface area contributed by atoms with Gasteiger partial charge < -0.3 is 10.6 Å². The molecule has 2 aromatic rings. The molecule has 4 heteroatoms. The Morgan fingerprint density at radius 2 is 1.91 bits per heavy atom. The normalized spacial score (nSPS) is 16.8. The summed E-state index contributed by atoms with van der Waals surface area (Å²) in [6.07, 6.45) is 0. The van der Waals surface area contributed by atoms with Crippen LogP contribution in [0.25, 0.3) is 0 Å². The van der Waals surface area contributed by atoms with Crippen molar-refractivity contribution in [2.75, 3.05) is 11.9 Å². The molecule has 1 atom stereocenters. The van der Waals surface area contributed by atoms with Gasteiger partial charge in [0.15, 0.2) is 0 Å². The van der Waals surface area contributed by atoms with Gasteiger partial charge in [-0.2, -0.15) is 0 Å². The summed E-state index contributed by atoms with van der Waals surface area (Å²) in [6, 6.07) is 15.3. The van der Waals surface area contributed by atoms with Crippen molar-refractivity contribution in [1.82, 2.24) is 5.32 Å². The van der Waals surface area contributed by atoms with Crippen molar-refractivity contribution in [2.45, 2.75) is 19.9 Å². The van der Waals surface area contributed by atoms with Crippen LogP contribution < -0.4 is 10.6 Å². The van der Waals surface area contributed by atoms with Crippen molar-refractivity contribution >= 4 is 17.4 Å². The second-order valence-electron chi connectivity index (χ2n) is 5.53. The lowest BCUT2D eigenvalue weighted by Crippen LogP contribution is -2.30. The number of rotatable bonds is 3. The van der Waals surface area contributed by atoms with E-state index in [1.807, 2.05) is 36.4 Å². The molecule has 0 radical (unpaired) electrons. The first-order valence-corrected chi connectivity index (χ1v) is 7.39. The first-order valence-electron chi connectivity index (χ1n) is 7.39. The van der Waals surface area contributed by atoms with E-state index in [1.165, 1.54) is 11.1 Å². The summed E-state index contributed by atoms with van der Waals surface area (Å²) >= 11 is 0. The summed E-state index contributed by atoms with van der Waals surface area (Å²) in [5.41, 5.74) is 4.29. The monoisotopic (exact) mass is 293 g/mol. The molecule has 0 bridgehead atoms. The Balaban J connectivity index is 1.73. The Morgan fingerprint density at radius 3 is 2.64 bits per heavy atom. The van der Waals surface area contributed by atoms with E-state index < -0.39 is 6.04 Å². The van der Waals surface area contributed by atoms with Crippen molar-refractivity contribution in [3.05, 3.63) is 65.2 Å². The molecule has 0 fully saturated rings. The summed E-state index contributed by atoms with van der Waals surface area (Å²) in [5.74, 6) is 0.703. The molecule has 0 spiro atoms. The number of para-hydroxylation sites is 1. The van der Waals surface area contributed by atoms with Crippen LogP contribution in [-0.4, -0.2) is 24.3 Å². The number of hydrogen-bond acceptors (Lipinski definition) is 3. The van der Waals surface area contributed by atoms with E-state index in [4.69, 9.17) is 0 Å². The first-order chi connectivity index (χ1) is 10.6. The van der Waals surface area contributed by atoms with E-state index in [2.05, 4.69) is 41.6 Å². The summed E-state index contributed by atoms with van der Waals surface area (Å²) in [7, 11) is 0. The minimum atomic E-state index is -0.392. The predicted octanol–water partition coefficient (Wildman–Crippen LogP) is 2.66. The Kier molecular flexibility index (Phi) is 3.92. The standard InChI is InChI=1S/C18H19N3O/c1-12-8-9-14(10-13(12)2)17-19-11-16(21-17)18(22)20-15-6-4-3-5-7-15/h3-10,16H,11H2,1-2H3,(H,19,21)(H,20,22). The molecule has 0 aliphatic carbocycles. The average molecular weight is 293 g/mol. The molecule has 2 N–H and O–H groups in total. The van der Waals surface area contributed by atoms with Crippen molar-refractivity contribution < 1.29 is 4.79 Å². The highest BCUT2D eigenvalue weighted by atomic mass is 16.2. The smallest absolute Gasteiger partial charge is 0.251 e. The Hall–Kier alpha value is -2.62. The predicted molar refractivity (Wildman–Crippen MR) is 89.3 cm³/mol. The van der Waals surface area contributed by atoms with Gasteiger partial charge >= 0.3 is 0 Å². The summed E-state index contributed by atoms with van der Waals surface area (Å²) < 4.78 is 0. The SMILES string of the molecule is Cc1ccc(C2=NC(C(=O)Nc3ccccc3)CN2)cc1C. The lowest BCUT2D eigenvalue weighted by atomic mass is 10.1. The van der Waals surface area contributed by atoms with Crippen LogP contribution in [0.15, 0.2) is 53.5 Å². The fourth-order valence-electron chi connectivity index (χ4n) is 2.40. The van der Waals surface area contributed by atoms with E-state index in [0.717, 1.165) is 17.1 Å². The van der Waals surface area contributed by atoms with Gasteiger partial charge in [-0.15, -0.1) is 0 Å². The van der Waals surface area contributed by atoms with E-state index in [9.17, 15) is 4.79 Å². The number of nitrogens with zero attached hydrogens (tertiary/aromatic N) is 1. The van der Waals surface area contributed by atoms with Gasteiger partial charge in [0, 0.05) is 17.8 Å². The van der Waals surface area contributed by atoms with Gasteiger partial charge in [0.25, 0.3) is 5.91 Å². The van der Waals surface area contributed by atoms with E-state index in [0.29, 0.717) is 6.54 Å². The van der Waals surface area contributed by atoms with Crippen LogP contribution in [0.3, 0.4) is 0 Å². The molecule has 4 nitrogen and oxygen atoms in total. The molecule has 1 aliphatic heterocycles. The van der Waals surface area contributed by atoms with Crippen LogP contribution in [0.1, 0.15) is 16.7 Å². The molecular weight excluding hydrogens is 274 g/mol. The van der Waals surface area contributed by atoms with E-state index in [1.54, 1.807) is 0 Å². The summed E-state index contributed by atoms with van der Waals surface area (Å²) in [4.78, 5) is 16.8. The molecule has 0 saturated carbocycles. The lowest BCUT2D eigenvalue weighted by molar-refractivity contribution is -0.117. The second-order valence-corrected chi connectivity index (χ2v) is 5.53. The largest absolute Gasteiger partial charge is 0.367 e. The molecule has 0 aromatic heterocycles. The van der Waals surface area contributed by atoms with Gasteiger partial charge in [-0.25, -0.2) is 0 Å². The van der Waals surface area contributed by atoms with Crippen LogP contribution >= 0.6 is 0 Å². The van der Waals surface area contributed by atoms with Crippen LogP contribution in [0.2, 0.25) is 0 Å². The van der Waals surface area contributed by atoms with Gasteiger partial charge in [-0.05, 0) is 43.2 Å². The van der Waals surface area contributed by atoms with E-state index in [-0.39, 0.29) is 5.91 Å². The lowest BCUT2D eigenvalue weighted by Gasteiger charge is -2.07. The van der Waals surface area contributed by atoms with Gasteiger partial charge in [0.05, 0.1) is 0 Å². The number of nitrogens with one attached hydrogen (secondary N) is 2. The Morgan fingerprint density at radius 1 is 1.14 bits per heavy atom. The molecule has 1 heterocycles. The highest BCUT2D eigenvalue weighted by Crippen LogP contribution is 2.14. The van der Waals surface area contributed by atoms with Crippen molar-refractivity contribution in [2.24, 2.45) is 4.99 Å². The zero-order valence-electron chi connectivity index (χ0n) is 12.8. The third-order valence-corrected chi connectivity index (χ3v) is 3.87. The molecule has 1 unspecified atom stereocenters. The zero-order valence-corrected chi connectivity index (χ0v) is 12.8. The number of aliphatic imine (C=N–C) groups is 1. The molecule has 3 rings (SSSR count). The number of carbonyl (C=O) groups excluding carboxylic acids is 1. The molecule has 2 aromatic carbocycles. The molecule has 22 heavy (non-hydrogen) atoms. The number of benzene rings is 2. The molecule has 112 valence electrons. The third-order valence-electron chi connectivity index (χ3n) is 3.87. The van der Waals surface area contributed by atoms with Crippen LogP contribution in [0.4, 0.5) is 5.69 Å². The number of amides is 1. The second kappa shape index (κ2) is 6.02. The molecular formula is C18H19N3O. The fraction of sp³-hybridized carbons (Fsp3) is 0.222. The number of aryl methyl sites for hydroxylation is 2. The third kappa shape index (κ3) is 3.01.